The second kappa shape index (κ2) is 6.31. The third-order valence-electron chi connectivity index (χ3n) is 7.39. The van der Waals surface area contributed by atoms with Gasteiger partial charge in [-0.05, 0) is 86.0 Å². The van der Waals surface area contributed by atoms with Crippen LogP contribution in [0.4, 0.5) is 0 Å². The van der Waals surface area contributed by atoms with Crippen molar-refractivity contribution in [2.24, 2.45) is 0 Å². The van der Waals surface area contributed by atoms with E-state index in [1.807, 2.05) is 0 Å². The third kappa shape index (κ3) is 2.42. The maximum absolute atomic E-state index is 2.48. The van der Waals surface area contributed by atoms with Crippen molar-refractivity contribution >= 4 is 21.5 Å². The van der Waals surface area contributed by atoms with Crippen molar-refractivity contribution < 1.29 is 0 Å². The van der Waals surface area contributed by atoms with Crippen LogP contribution in [0.25, 0.3) is 43.8 Å². The van der Waals surface area contributed by atoms with Gasteiger partial charge < -0.3 is 0 Å². The first kappa shape index (κ1) is 18.4. The molecule has 0 amide bonds. The van der Waals surface area contributed by atoms with Crippen molar-refractivity contribution in [3.63, 3.8) is 0 Å². The molecule has 0 heteroatoms. The first-order chi connectivity index (χ1) is 15.0. The van der Waals surface area contributed by atoms with E-state index in [1.165, 1.54) is 66.1 Å². The molecule has 0 nitrogen and oxygen atoms in total. The van der Waals surface area contributed by atoms with Gasteiger partial charge in [-0.15, -0.1) is 0 Å². The quantitative estimate of drug-likeness (QED) is 0.248. The Morgan fingerprint density at radius 1 is 0.516 bits per heavy atom. The fraction of sp³-hybridized carbons (Fsp3) is 0.161. The van der Waals surface area contributed by atoms with Gasteiger partial charge in [-0.2, -0.15) is 0 Å². The molecule has 0 spiro atoms. The molecule has 5 aromatic rings. The van der Waals surface area contributed by atoms with E-state index in [0.717, 1.165) is 0 Å². The van der Waals surface area contributed by atoms with Crippen LogP contribution in [-0.4, -0.2) is 0 Å². The Labute approximate surface area is 184 Å². The highest BCUT2D eigenvalue weighted by Gasteiger charge is 2.36. The van der Waals surface area contributed by atoms with Crippen LogP contribution in [-0.2, 0) is 5.41 Å². The molecule has 0 bridgehead atoms. The highest BCUT2D eigenvalue weighted by atomic mass is 14.4. The molecule has 0 fully saturated rings. The van der Waals surface area contributed by atoms with E-state index in [0.29, 0.717) is 0 Å². The van der Waals surface area contributed by atoms with Crippen molar-refractivity contribution in [2.45, 2.75) is 33.1 Å². The van der Waals surface area contributed by atoms with Crippen molar-refractivity contribution in [3.8, 4) is 22.3 Å². The molecule has 6 rings (SSSR count). The number of rotatable bonds is 1. The lowest BCUT2D eigenvalue weighted by Crippen LogP contribution is -2.15. The van der Waals surface area contributed by atoms with Crippen LogP contribution >= 0.6 is 0 Å². The summed E-state index contributed by atoms with van der Waals surface area (Å²) in [4.78, 5) is 0. The fourth-order valence-corrected chi connectivity index (χ4v) is 5.79. The van der Waals surface area contributed by atoms with Gasteiger partial charge in [0.05, 0.1) is 0 Å². The summed E-state index contributed by atoms with van der Waals surface area (Å²) in [7, 11) is 0. The Kier molecular flexibility index (Phi) is 3.74. The average Bonchev–Trinajstić information content (AvgIpc) is 3.01. The van der Waals surface area contributed by atoms with E-state index in [9.17, 15) is 0 Å². The Bertz CT molecular complexity index is 1510. The van der Waals surface area contributed by atoms with Crippen molar-refractivity contribution in [2.75, 3.05) is 0 Å². The zero-order valence-corrected chi connectivity index (χ0v) is 18.6. The molecule has 0 heterocycles. The van der Waals surface area contributed by atoms with Gasteiger partial charge in [0.15, 0.2) is 0 Å². The molecule has 0 radical (unpaired) electrons. The average molecular weight is 399 g/mol. The first-order valence-corrected chi connectivity index (χ1v) is 11.1. The molecule has 0 saturated carbocycles. The minimum atomic E-state index is 0.00886. The molecule has 1 aliphatic carbocycles. The van der Waals surface area contributed by atoms with Gasteiger partial charge in [-0.25, -0.2) is 0 Å². The molecule has 0 aliphatic heterocycles. The van der Waals surface area contributed by atoms with Gasteiger partial charge in [0, 0.05) is 5.41 Å². The zero-order chi connectivity index (χ0) is 21.3. The Morgan fingerprint density at radius 2 is 1.10 bits per heavy atom. The fourth-order valence-electron chi connectivity index (χ4n) is 5.79. The van der Waals surface area contributed by atoms with E-state index in [1.54, 1.807) is 0 Å². The molecular weight excluding hydrogens is 372 g/mol. The van der Waals surface area contributed by atoms with Crippen molar-refractivity contribution in [1.82, 2.24) is 0 Å². The molecule has 5 aromatic carbocycles. The lowest BCUT2D eigenvalue weighted by Gasteiger charge is -2.24. The molecule has 0 saturated heterocycles. The predicted octanol–water partition coefficient (Wildman–Crippen LogP) is 8.58. The zero-order valence-electron chi connectivity index (χ0n) is 18.6. The molecule has 0 N–H and O–H groups in total. The standard InChI is InChI=1S/C31H26/c1-19-17-27-24-14-9-10-16-28(24)31(3,4)29(27)18-26(19)30-20(2)21-11-5-6-12-22(21)23-13-7-8-15-25(23)30/h5-18H,1-4H3. The van der Waals surface area contributed by atoms with Crippen LogP contribution in [0.3, 0.4) is 0 Å². The third-order valence-corrected chi connectivity index (χ3v) is 7.39. The molecule has 150 valence electrons. The summed E-state index contributed by atoms with van der Waals surface area (Å²) in [5.74, 6) is 0. The molecule has 0 unspecified atom stereocenters. The van der Waals surface area contributed by atoms with E-state index < -0.39 is 0 Å². The van der Waals surface area contributed by atoms with Crippen LogP contribution in [0, 0.1) is 13.8 Å². The number of hydrogen-bond donors (Lipinski definition) is 0. The number of hydrogen-bond acceptors (Lipinski definition) is 0. The Morgan fingerprint density at radius 3 is 1.84 bits per heavy atom. The molecular formula is C31H26. The molecule has 31 heavy (non-hydrogen) atoms. The summed E-state index contributed by atoms with van der Waals surface area (Å²) in [6.07, 6.45) is 0. The van der Waals surface area contributed by atoms with Gasteiger partial charge in [0.25, 0.3) is 0 Å². The van der Waals surface area contributed by atoms with Crippen molar-refractivity contribution in [3.05, 3.63) is 107 Å². The van der Waals surface area contributed by atoms with Crippen LogP contribution in [0.2, 0.25) is 0 Å². The summed E-state index contributed by atoms with van der Waals surface area (Å²) in [6, 6.07) is 31.5. The summed E-state index contributed by atoms with van der Waals surface area (Å²) in [6.45, 7) is 9.29. The topological polar surface area (TPSA) is 0 Å². The maximum atomic E-state index is 2.48. The lowest BCUT2D eigenvalue weighted by molar-refractivity contribution is 0.660. The Balaban J connectivity index is 1.73. The van der Waals surface area contributed by atoms with E-state index >= 15 is 0 Å². The smallest absolute Gasteiger partial charge is 0.0159 e. The van der Waals surface area contributed by atoms with E-state index in [4.69, 9.17) is 0 Å². The van der Waals surface area contributed by atoms with Crippen LogP contribution in [0.15, 0.2) is 84.9 Å². The SMILES string of the molecule is Cc1cc2c(cc1-c1c(C)c3ccccc3c3ccccc13)C(C)(C)c1ccccc1-2. The van der Waals surface area contributed by atoms with Crippen LogP contribution in [0.5, 0.6) is 0 Å². The normalized spacial score (nSPS) is 14.1. The summed E-state index contributed by atoms with van der Waals surface area (Å²) >= 11 is 0. The highest BCUT2D eigenvalue weighted by molar-refractivity contribution is 6.16. The lowest BCUT2D eigenvalue weighted by atomic mass is 9.80. The van der Waals surface area contributed by atoms with Crippen LogP contribution in [0.1, 0.15) is 36.1 Å². The minimum absolute atomic E-state index is 0.00886. The van der Waals surface area contributed by atoms with Crippen molar-refractivity contribution in [1.29, 1.82) is 0 Å². The predicted molar refractivity (Wildman–Crippen MR) is 134 cm³/mol. The van der Waals surface area contributed by atoms with E-state index in [-0.39, 0.29) is 5.41 Å². The minimum Gasteiger partial charge on any atom is -0.0619 e. The maximum Gasteiger partial charge on any atom is 0.0159 e. The van der Waals surface area contributed by atoms with E-state index in [2.05, 4.69) is 113 Å². The largest absolute Gasteiger partial charge is 0.0619 e. The molecule has 0 atom stereocenters. The Hall–Kier alpha value is -3.38. The number of aryl methyl sites for hydroxylation is 2. The van der Waals surface area contributed by atoms with Gasteiger partial charge in [0.2, 0.25) is 0 Å². The van der Waals surface area contributed by atoms with Gasteiger partial charge >= 0.3 is 0 Å². The monoisotopic (exact) mass is 398 g/mol. The van der Waals surface area contributed by atoms with Gasteiger partial charge in [-0.1, -0.05) is 92.7 Å². The number of benzene rings is 5. The summed E-state index contributed by atoms with van der Waals surface area (Å²) in [5.41, 5.74) is 11.1. The second-order valence-corrected chi connectivity index (χ2v) is 9.47. The second-order valence-electron chi connectivity index (χ2n) is 9.47. The summed E-state index contributed by atoms with van der Waals surface area (Å²) in [5, 5.41) is 5.36. The summed E-state index contributed by atoms with van der Waals surface area (Å²) < 4.78 is 0. The number of fused-ring (bicyclic) bond motifs is 6. The first-order valence-electron chi connectivity index (χ1n) is 11.1. The van der Waals surface area contributed by atoms with Crippen LogP contribution < -0.4 is 0 Å². The molecule has 0 aromatic heterocycles. The highest BCUT2D eigenvalue weighted by Crippen LogP contribution is 2.51. The molecule has 1 aliphatic rings. The van der Waals surface area contributed by atoms with Gasteiger partial charge in [0.1, 0.15) is 0 Å². The van der Waals surface area contributed by atoms with Gasteiger partial charge in [-0.3, -0.25) is 0 Å².